The molecule has 0 aromatic rings. The first-order chi connectivity index (χ1) is 6.57. The second kappa shape index (κ2) is 4.45. The summed E-state index contributed by atoms with van der Waals surface area (Å²) in [4.78, 5) is 34.1. The summed E-state index contributed by atoms with van der Waals surface area (Å²) in [6.07, 6.45) is 0.445. The van der Waals surface area contributed by atoms with Crippen LogP contribution in [0, 0.1) is 0 Å². The van der Waals surface area contributed by atoms with Crippen molar-refractivity contribution in [2.45, 2.75) is 25.3 Å². The molecule has 1 atom stereocenters. The van der Waals surface area contributed by atoms with Crippen LogP contribution in [0.1, 0.15) is 19.3 Å². The standard InChI is InChI=1S/C8H11NO4S/c10-6-2-1-5(8(12)13)9(6)7(11)3-4-14/h5,14H,1-4H2,(H,12,13). The van der Waals surface area contributed by atoms with Gasteiger partial charge in [0.05, 0.1) is 0 Å². The van der Waals surface area contributed by atoms with E-state index in [1.807, 2.05) is 0 Å². The maximum atomic E-state index is 11.4. The van der Waals surface area contributed by atoms with E-state index in [1.165, 1.54) is 0 Å². The minimum Gasteiger partial charge on any atom is -0.480 e. The first-order valence-corrected chi connectivity index (χ1v) is 4.89. The summed E-state index contributed by atoms with van der Waals surface area (Å²) in [5.41, 5.74) is 0. The molecule has 14 heavy (non-hydrogen) atoms. The third-order valence-electron chi connectivity index (χ3n) is 2.09. The molecule has 1 aliphatic heterocycles. The van der Waals surface area contributed by atoms with Crippen molar-refractivity contribution in [1.29, 1.82) is 0 Å². The van der Waals surface area contributed by atoms with Gasteiger partial charge in [0.1, 0.15) is 6.04 Å². The molecule has 1 rings (SSSR count). The SMILES string of the molecule is O=C(O)C1CCC(=O)N1C(=O)CCS. The van der Waals surface area contributed by atoms with E-state index < -0.39 is 23.8 Å². The van der Waals surface area contributed by atoms with Gasteiger partial charge in [0, 0.05) is 12.8 Å². The Morgan fingerprint density at radius 2 is 2.21 bits per heavy atom. The Morgan fingerprint density at radius 3 is 2.71 bits per heavy atom. The Labute approximate surface area is 86.5 Å². The van der Waals surface area contributed by atoms with E-state index >= 15 is 0 Å². The summed E-state index contributed by atoms with van der Waals surface area (Å²) >= 11 is 3.86. The Kier molecular flexibility index (Phi) is 3.51. The zero-order valence-corrected chi connectivity index (χ0v) is 8.37. The van der Waals surface area contributed by atoms with Gasteiger partial charge in [0.25, 0.3) is 0 Å². The molecule has 1 unspecified atom stereocenters. The molecular weight excluding hydrogens is 206 g/mol. The van der Waals surface area contributed by atoms with Gasteiger partial charge in [-0.25, -0.2) is 4.79 Å². The van der Waals surface area contributed by atoms with Gasteiger partial charge in [0.2, 0.25) is 11.8 Å². The lowest BCUT2D eigenvalue weighted by atomic mass is 10.2. The van der Waals surface area contributed by atoms with Crippen molar-refractivity contribution < 1.29 is 19.5 Å². The number of carboxylic acids is 1. The average molecular weight is 217 g/mol. The third-order valence-corrected chi connectivity index (χ3v) is 2.32. The molecule has 2 amide bonds. The molecule has 1 N–H and O–H groups in total. The van der Waals surface area contributed by atoms with Crippen LogP contribution >= 0.6 is 12.6 Å². The van der Waals surface area contributed by atoms with Crippen LogP contribution in [0.15, 0.2) is 0 Å². The van der Waals surface area contributed by atoms with Gasteiger partial charge in [-0.1, -0.05) is 0 Å². The molecular formula is C8H11NO4S. The molecule has 1 saturated heterocycles. The van der Waals surface area contributed by atoms with Gasteiger partial charge < -0.3 is 5.11 Å². The molecule has 0 aromatic heterocycles. The van der Waals surface area contributed by atoms with Gasteiger partial charge in [-0.15, -0.1) is 0 Å². The molecule has 5 nitrogen and oxygen atoms in total. The van der Waals surface area contributed by atoms with Gasteiger partial charge >= 0.3 is 5.97 Å². The molecule has 0 aromatic carbocycles. The Morgan fingerprint density at radius 1 is 1.57 bits per heavy atom. The van der Waals surface area contributed by atoms with E-state index in [2.05, 4.69) is 12.6 Å². The number of rotatable bonds is 3. The summed E-state index contributed by atoms with van der Waals surface area (Å²) in [7, 11) is 0. The number of thiol groups is 1. The van der Waals surface area contributed by atoms with Gasteiger partial charge in [-0.3, -0.25) is 14.5 Å². The lowest BCUT2D eigenvalue weighted by molar-refractivity contribution is -0.153. The van der Waals surface area contributed by atoms with Crippen molar-refractivity contribution in [2.75, 3.05) is 5.75 Å². The number of amides is 2. The summed E-state index contributed by atoms with van der Waals surface area (Å²) < 4.78 is 0. The Hall–Kier alpha value is -1.04. The number of imide groups is 1. The first-order valence-electron chi connectivity index (χ1n) is 4.26. The number of aliphatic carboxylic acids is 1. The van der Waals surface area contributed by atoms with Crippen LogP contribution in [0.25, 0.3) is 0 Å². The molecule has 0 saturated carbocycles. The normalized spacial score (nSPS) is 21.4. The van der Waals surface area contributed by atoms with Crippen LogP contribution in [0.5, 0.6) is 0 Å². The first kappa shape index (κ1) is 11.0. The van der Waals surface area contributed by atoms with Gasteiger partial charge in [-0.05, 0) is 12.2 Å². The van der Waals surface area contributed by atoms with E-state index in [1.54, 1.807) is 0 Å². The van der Waals surface area contributed by atoms with E-state index in [0.29, 0.717) is 5.75 Å². The Bertz CT molecular complexity index is 279. The number of carbonyl (C=O) groups is 3. The van der Waals surface area contributed by atoms with E-state index in [4.69, 9.17) is 5.11 Å². The number of hydrogen-bond acceptors (Lipinski definition) is 4. The fourth-order valence-electron chi connectivity index (χ4n) is 1.45. The highest BCUT2D eigenvalue weighted by molar-refractivity contribution is 7.80. The van der Waals surface area contributed by atoms with Crippen LogP contribution in [-0.4, -0.2) is 39.6 Å². The van der Waals surface area contributed by atoms with Crippen molar-refractivity contribution in [3.8, 4) is 0 Å². The van der Waals surface area contributed by atoms with Crippen LogP contribution in [-0.2, 0) is 14.4 Å². The molecule has 1 heterocycles. The van der Waals surface area contributed by atoms with Crippen molar-refractivity contribution in [3.63, 3.8) is 0 Å². The molecule has 0 spiro atoms. The van der Waals surface area contributed by atoms with Gasteiger partial charge in [-0.2, -0.15) is 12.6 Å². The number of carbonyl (C=O) groups excluding carboxylic acids is 2. The minimum atomic E-state index is -1.12. The van der Waals surface area contributed by atoms with Crippen LogP contribution in [0.2, 0.25) is 0 Å². The zero-order chi connectivity index (χ0) is 10.7. The highest BCUT2D eigenvalue weighted by Gasteiger charge is 2.39. The topological polar surface area (TPSA) is 74.7 Å². The zero-order valence-electron chi connectivity index (χ0n) is 7.47. The second-order valence-electron chi connectivity index (χ2n) is 3.02. The second-order valence-corrected chi connectivity index (χ2v) is 3.47. The lowest BCUT2D eigenvalue weighted by Gasteiger charge is -2.18. The number of likely N-dealkylation sites (tertiary alicyclic amines) is 1. The van der Waals surface area contributed by atoms with Crippen molar-refractivity contribution in [2.24, 2.45) is 0 Å². The minimum absolute atomic E-state index is 0.0959. The molecule has 0 aliphatic carbocycles. The van der Waals surface area contributed by atoms with E-state index in [9.17, 15) is 14.4 Å². The highest BCUT2D eigenvalue weighted by Crippen LogP contribution is 2.19. The molecule has 1 fully saturated rings. The quantitative estimate of drug-likeness (QED) is 0.648. The fraction of sp³-hybridized carbons (Fsp3) is 0.625. The van der Waals surface area contributed by atoms with Crippen molar-refractivity contribution in [1.82, 2.24) is 4.90 Å². The van der Waals surface area contributed by atoms with E-state index in [-0.39, 0.29) is 19.3 Å². The highest BCUT2D eigenvalue weighted by atomic mass is 32.1. The monoisotopic (exact) mass is 217 g/mol. The van der Waals surface area contributed by atoms with Crippen molar-refractivity contribution >= 4 is 30.4 Å². The lowest BCUT2D eigenvalue weighted by Crippen LogP contribution is -2.42. The average Bonchev–Trinajstić information content (AvgIpc) is 2.47. The summed E-state index contributed by atoms with van der Waals surface area (Å²) in [5, 5.41) is 8.75. The molecule has 78 valence electrons. The predicted molar refractivity (Wildman–Crippen MR) is 51.0 cm³/mol. The number of carboxylic acid groups (broad SMARTS) is 1. The molecule has 0 bridgehead atoms. The fourth-order valence-corrected chi connectivity index (χ4v) is 1.64. The summed E-state index contributed by atoms with van der Waals surface area (Å²) in [5.74, 6) is -1.66. The van der Waals surface area contributed by atoms with Crippen molar-refractivity contribution in [3.05, 3.63) is 0 Å². The maximum Gasteiger partial charge on any atom is 0.326 e. The largest absolute Gasteiger partial charge is 0.480 e. The van der Waals surface area contributed by atoms with Crippen LogP contribution < -0.4 is 0 Å². The summed E-state index contributed by atoms with van der Waals surface area (Å²) in [6.45, 7) is 0. The van der Waals surface area contributed by atoms with Crippen LogP contribution in [0.3, 0.4) is 0 Å². The third kappa shape index (κ3) is 2.06. The van der Waals surface area contributed by atoms with Gasteiger partial charge in [0.15, 0.2) is 0 Å². The Balaban J connectivity index is 2.76. The summed E-state index contributed by atoms with van der Waals surface area (Å²) in [6, 6.07) is -0.977. The molecule has 1 aliphatic rings. The van der Waals surface area contributed by atoms with Crippen LogP contribution in [0.4, 0.5) is 0 Å². The number of hydrogen-bond donors (Lipinski definition) is 2. The number of nitrogens with zero attached hydrogens (tertiary/aromatic N) is 1. The van der Waals surface area contributed by atoms with E-state index in [0.717, 1.165) is 4.90 Å². The molecule has 6 heteroatoms. The molecule has 0 radical (unpaired) electrons. The maximum absolute atomic E-state index is 11.4. The smallest absolute Gasteiger partial charge is 0.326 e. The predicted octanol–water partition coefficient (Wildman–Crippen LogP) is -0.0915.